The third-order valence-electron chi connectivity index (χ3n) is 3.76. The smallest absolute Gasteiger partial charge is 0.307 e. The fourth-order valence-corrected chi connectivity index (χ4v) is 3.74. The van der Waals surface area contributed by atoms with Gasteiger partial charge >= 0.3 is 5.97 Å². The van der Waals surface area contributed by atoms with E-state index in [2.05, 4.69) is 20.7 Å². The summed E-state index contributed by atoms with van der Waals surface area (Å²) in [5.41, 5.74) is 0.0643. The predicted molar refractivity (Wildman–Crippen MR) is 93.6 cm³/mol. The molecule has 2 atom stereocenters. The molecule has 128 valence electrons. The van der Waals surface area contributed by atoms with Crippen LogP contribution in [0.5, 0.6) is 5.75 Å². The van der Waals surface area contributed by atoms with Crippen molar-refractivity contribution in [3.63, 3.8) is 0 Å². The predicted octanol–water partition coefficient (Wildman–Crippen LogP) is 3.04. The Morgan fingerprint density at radius 2 is 2.22 bits per heavy atom. The number of nitrogens with one attached hydrogen (secondary N) is 1. The zero-order chi connectivity index (χ0) is 17.3. The monoisotopic (exact) mass is 403 g/mol. The number of benzene rings is 1. The topological polar surface area (TPSA) is 70.6 Å². The minimum Gasteiger partial charge on any atom is -0.598 e. The first-order chi connectivity index (χ1) is 10.7. The summed E-state index contributed by atoms with van der Waals surface area (Å²) < 4.78 is 26.9. The van der Waals surface area contributed by atoms with Crippen molar-refractivity contribution in [2.75, 3.05) is 13.7 Å². The highest BCUT2D eigenvalue weighted by Crippen LogP contribution is 2.42. The Labute approximate surface area is 148 Å². The highest BCUT2D eigenvalue weighted by Gasteiger charge is 2.46. The molecule has 1 N–H and O–H groups in total. The van der Waals surface area contributed by atoms with E-state index >= 15 is 0 Å². The third-order valence-corrected chi connectivity index (χ3v) is 5.95. The van der Waals surface area contributed by atoms with Gasteiger partial charge in [0.2, 0.25) is 0 Å². The summed E-state index contributed by atoms with van der Waals surface area (Å²) in [6.45, 7) is 6.12. The second kappa shape index (κ2) is 7.01. The van der Waals surface area contributed by atoms with E-state index < -0.39 is 21.6 Å². The van der Waals surface area contributed by atoms with E-state index in [1.807, 2.05) is 39.0 Å². The third kappa shape index (κ3) is 4.21. The number of halogens is 1. The van der Waals surface area contributed by atoms with Crippen LogP contribution in [0.15, 0.2) is 22.7 Å². The van der Waals surface area contributed by atoms with Crippen molar-refractivity contribution in [2.45, 2.75) is 43.9 Å². The van der Waals surface area contributed by atoms with E-state index in [9.17, 15) is 9.35 Å². The first-order valence-corrected chi connectivity index (χ1v) is 9.31. The van der Waals surface area contributed by atoms with Gasteiger partial charge in [-0.05, 0) is 32.9 Å². The molecule has 5 nitrogen and oxygen atoms in total. The minimum absolute atomic E-state index is 0.101. The number of methoxy groups -OCH3 is 1. The molecule has 0 aromatic heterocycles. The first kappa shape index (κ1) is 18.6. The van der Waals surface area contributed by atoms with Gasteiger partial charge in [0.25, 0.3) is 0 Å². The number of rotatable bonds is 4. The lowest BCUT2D eigenvalue weighted by atomic mass is 9.82. The summed E-state index contributed by atoms with van der Waals surface area (Å²) in [5.74, 6) is 0.340. The van der Waals surface area contributed by atoms with Crippen LogP contribution >= 0.6 is 15.9 Å². The number of fused-ring (bicyclic) bond motifs is 1. The molecule has 23 heavy (non-hydrogen) atoms. The zero-order valence-electron chi connectivity index (χ0n) is 13.8. The van der Waals surface area contributed by atoms with Crippen LogP contribution in [0, 0.1) is 0 Å². The van der Waals surface area contributed by atoms with E-state index in [0.29, 0.717) is 18.8 Å². The number of carbonyl (C=O) groups is 1. The van der Waals surface area contributed by atoms with Gasteiger partial charge in [-0.3, -0.25) is 4.79 Å². The molecule has 1 aromatic carbocycles. The Morgan fingerprint density at radius 3 is 2.83 bits per heavy atom. The Bertz CT molecular complexity index is 590. The summed E-state index contributed by atoms with van der Waals surface area (Å²) in [6, 6.07) is 5.65. The van der Waals surface area contributed by atoms with Crippen molar-refractivity contribution in [1.29, 1.82) is 0 Å². The molecule has 1 aliphatic heterocycles. The Kier molecular flexibility index (Phi) is 5.66. The Hall–Kier alpha value is -0.760. The molecule has 2 rings (SSSR count). The van der Waals surface area contributed by atoms with E-state index in [1.165, 1.54) is 7.11 Å². The maximum atomic E-state index is 12.7. The quantitative estimate of drug-likeness (QED) is 0.617. The van der Waals surface area contributed by atoms with E-state index in [1.54, 1.807) is 0 Å². The molecule has 0 amide bonds. The summed E-state index contributed by atoms with van der Waals surface area (Å²) in [4.78, 5) is 12.0. The van der Waals surface area contributed by atoms with Gasteiger partial charge in [0.05, 0.1) is 20.1 Å². The largest absolute Gasteiger partial charge is 0.598 e. The van der Waals surface area contributed by atoms with Crippen LogP contribution in [0.25, 0.3) is 0 Å². The second-order valence-corrected chi connectivity index (χ2v) is 9.44. The van der Waals surface area contributed by atoms with Crippen molar-refractivity contribution in [2.24, 2.45) is 0 Å². The first-order valence-electron chi connectivity index (χ1n) is 7.37. The number of carbonyl (C=O) groups excluding carboxylic acids is 1. The summed E-state index contributed by atoms with van der Waals surface area (Å²) in [7, 11) is 1.36. The molecule has 7 heteroatoms. The maximum absolute atomic E-state index is 12.7. The molecule has 0 saturated heterocycles. The molecule has 0 spiro atoms. The lowest BCUT2D eigenvalue weighted by Crippen LogP contribution is -2.54. The SMILES string of the molecule is COC(=O)C[C@]1(N[S@@+]([O-])C(C)(C)C)CCOc2cc(Br)ccc21. The van der Waals surface area contributed by atoms with Crippen molar-refractivity contribution in [3.8, 4) is 5.75 Å². The van der Waals surface area contributed by atoms with Crippen molar-refractivity contribution >= 4 is 33.3 Å². The fourth-order valence-electron chi connectivity index (χ4n) is 2.46. The standard InChI is InChI=1S/C16H22BrNO4S/c1-15(2,3)23(20)18-16(10-14(19)21-4)7-8-22-13-9-11(17)5-6-12(13)16/h5-6,9,18H,7-8,10H2,1-4H3/t16-,23+/m1/s1. The van der Waals surface area contributed by atoms with E-state index in [0.717, 1.165) is 10.0 Å². The van der Waals surface area contributed by atoms with E-state index in [4.69, 9.17) is 9.47 Å². The molecule has 0 bridgehead atoms. The zero-order valence-corrected chi connectivity index (χ0v) is 16.2. The number of hydrogen-bond acceptors (Lipinski definition) is 5. The molecule has 1 aromatic rings. The molecule has 1 aliphatic rings. The summed E-state index contributed by atoms with van der Waals surface area (Å²) in [5, 5.41) is 0. The lowest BCUT2D eigenvalue weighted by Gasteiger charge is -2.40. The molecule has 0 radical (unpaired) electrons. The number of hydrogen-bond donors (Lipinski definition) is 1. The highest BCUT2D eigenvalue weighted by atomic mass is 79.9. The van der Waals surface area contributed by atoms with Gasteiger partial charge in [0.1, 0.15) is 16.0 Å². The van der Waals surface area contributed by atoms with Crippen LogP contribution in [-0.2, 0) is 26.4 Å². The van der Waals surface area contributed by atoms with Crippen LogP contribution in [0.2, 0.25) is 0 Å². The van der Waals surface area contributed by atoms with Crippen LogP contribution in [0.1, 0.15) is 39.2 Å². The second-order valence-electron chi connectivity index (χ2n) is 6.56. The summed E-state index contributed by atoms with van der Waals surface area (Å²) >= 11 is 2.09. The molecule has 0 saturated carbocycles. The molecular formula is C16H22BrNO4S. The molecule has 0 unspecified atom stereocenters. The van der Waals surface area contributed by atoms with Gasteiger partial charge in [-0.2, -0.15) is 0 Å². The van der Waals surface area contributed by atoms with Crippen molar-refractivity contribution in [1.82, 2.24) is 4.72 Å². The van der Waals surface area contributed by atoms with Gasteiger partial charge in [-0.15, -0.1) is 4.72 Å². The van der Waals surface area contributed by atoms with Crippen molar-refractivity contribution < 1.29 is 18.8 Å². The Balaban J connectivity index is 2.45. The fraction of sp³-hybridized carbons (Fsp3) is 0.562. The van der Waals surface area contributed by atoms with Crippen LogP contribution < -0.4 is 9.46 Å². The van der Waals surface area contributed by atoms with Gasteiger partial charge in [-0.25, -0.2) is 0 Å². The minimum atomic E-state index is -1.33. The van der Waals surface area contributed by atoms with Crippen LogP contribution in [0.4, 0.5) is 0 Å². The number of ether oxygens (including phenoxy) is 2. The van der Waals surface area contributed by atoms with Gasteiger partial charge in [-0.1, -0.05) is 22.0 Å². The molecule has 1 heterocycles. The molecule has 0 aliphatic carbocycles. The average molecular weight is 404 g/mol. The maximum Gasteiger partial charge on any atom is 0.307 e. The summed E-state index contributed by atoms with van der Waals surface area (Å²) in [6.07, 6.45) is 0.641. The van der Waals surface area contributed by atoms with Crippen LogP contribution in [0.3, 0.4) is 0 Å². The highest BCUT2D eigenvalue weighted by molar-refractivity contribution is 9.10. The Morgan fingerprint density at radius 1 is 1.52 bits per heavy atom. The molecule has 0 fully saturated rings. The number of esters is 1. The van der Waals surface area contributed by atoms with Gasteiger partial charge in [0, 0.05) is 27.8 Å². The van der Waals surface area contributed by atoms with Crippen molar-refractivity contribution in [3.05, 3.63) is 28.2 Å². The van der Waals surface area contributed by atoms with E-state index in [-0.39, 0.29) is 12.4 Å². The van der Waals surface area contributed by atoms with Gasteiger partial charge in [0.15, 0.2) is 0 Å². The van der Waals surface area contributed by atoms with Crippen LogP contribution in [-0.4, -0.2) is 29.0 Å². The van der Waals surface area contributed by atoms with Gasteiger partial charge < -0.3 is 14.0 Å². The average Bonchev–Trinajstić information content (AvgIpc) is 2.46. The lowest BCUT2D eigenvalue weighted by molar-refractivity contribution is -0.142. The normalized spacial score (nSPS) is 22.0. The molecular weight excluding hydrogens is 382 g/mol.